The summed E-state index contributed by atoms with van der Waals surface area (Å²) in [5.74, 6) is 0.594. The van der Waals surface area contributed by atoms with E-state index in [-0.39, 0.29) is 12.2 Å². The molecule has 142 valence electrons. The molecular formula is C17H15F3N4O2S. The third-order valence-electron chi connectivity index (χ3n) is 4.34. The van der Waals surface area contributed by atoms with Crippen LogP contribution in [0, 0.1) is 6.92 Å². The van der Waals surface area contributed by atoms with Crippen LogP contribution in [0.4, 0.5) is 13.2 Å². The number of hydrogen-bond donors (Lipinski definition) is 0. The van der Waals surface area contributed by atoms with Crippen molar-refractivity contribution in [2.45, 2.75) is 32.8 Å². The fraction of sp³-hybridized carbons (Fsp3) is 0.353. The van der Waals surface area contributed by atoms with E-state index in [1.54, 1.807) is 4.57 Å². The number of nitrogens with zero attached hydrogens (tertiary/aromatic N) is 4. The maximum atomic E-state index is 12.7. The molecule has 1 aliphatic heterocycles. The lowest BCUT2D eigenvalue weighted by Gasteiger charge is -2.11. The van der Waals surface area contributed by atoms with Crippen LogP contribution in [-0.2, 0) is 30.6 Å². The molecule has 0 saturated heterocycles. The molecule has 0 amide bonds. The monoisotopic (exact) mass is 396 g/mol. The number of aryl methyl sites for hydroxylation is 1. The predicted molar refractivity (Wildman–Crippen MR) is 92.5 cm³/mol. The van der Waals surface area contributed by atoms with Crippen molar-refractivity contribution in [2.75, 3.05) is 6.61 Å². The Kier molecular flexibility index (Phi) is 4.39. The van der Waals surface area contributed by atoms with E-state index in [1.165, 1.54) is 28.2 Å². The molecule has 0 fully saturated rings. The Hall–Kier alpha value is -2.46. The van der Waals surface area contributed by atoms with Gasteiger partial charge in [-0.25, -0.2) is 14.5 Å². The second-order valence-corrected chi connectivity index (χ2v) is 7.25. The van der Waals surface area contributed by atoms with E-state index in [4.69, 9.17) is 4.74 Å². The van der Waals surface area contributed by atoms with Crippen molar-refractivity contribution in [1.82, 2.24) is 19.3 Å². The summed E-state index contributed by atoms with van der Waals surface area (Å²) in [4.78, 5) is 17.7. The number of alkyl halides is 3. The van der Waals surface area contributed by atoms with Crippen molar-refractivity contribution >= 4 is 11.3 Å². The molecule has 3 heterocycles. The summed E-state index contributed by atoms with van der Waals surface area (Å²) in [6.07, 6.45) is -4.37. The zero-order valence-electron chi connectivity index (χ0n) is 14.3. The molecule has 0 saturated carbocycles. The van der Waals surface area contributed by atoms with E-state index < -0.39 is 11.7 Å². The molecule has 0 spiro atoms. The van der Waals surface area contributed by atoms with Crippen LogP contribution in [0.1, 0.15) is 22.0 Å². The number of benzene rings is 1. The fourth-order valence-corrected chi connectivity index (χ4v) is 3.93. The van der Waals surface area contributed by atoms with Crippen LogP contribution >= 0.6 is 11.3 Å². The Bertz CT molecular complexity index is 1030. The zero-order valence-corrected chi connectivity index (χ0v) is 15.1. The molecule has 4 rings (SSSR count). The molecule has 0 atom stereocenters. The van der Waals surface area contributed by atoms with Crippen molar-refractivity contribution in [3.8, 4) is 10.6 Å². The van der Waals surface area contributed by atoms with Crippen molar-refractivity contribution in [2.24, 2.45) is 0 Å². The van der Waals surface area contributed by atoms with Gasteiger partial charge >= 0.3 is 11.9 Å². The van der Waals surface area contributed by atoms with Gasteiger partial charge in [-0.15, -0.1) is 11.3 Å². The molecule has 6 nitrogen and oxygen atoms in total. The van der Waals surface area contributed by atoms with Gasteiger partial charge in [0, 0.05) is 10.4 Å². The second kappa shape index (κ2) is 6.61. The lowest BCUT2D eigenvalue weighted by Crippen LogP contribution is -2.29. The highest BCUT2D eigenvalue weighted by molar-refractivity contribution is 7.15. The highest BCUT2D eigenvalue weighted by Gasteiger charge is 2.30. The van der Waals surface area contributed by atoms with Crippen LogP contribution in [0.5, 0.6) is 0 Å². The standard InChI is InChI=1S/C17H15F3N4O2S/c1-10-13(8-24-16(25)23-6-7-26-9-14(23)22-24)27-15(21-10)11-2-4-12(5-3-11)17(18,19)20/h2-5H,6-9H2,1H3. The van der Waals surface area contributed by atoms with Crippen molar-refractivity contribution in [3.05, 3.63) is 56.7 Å². The molecule has 0 aliphatic carbocycles. The summed E-state index contributed by atoms with van der Waals surface area (Å²) >= 11 is 1.34. The average Bonchev–Trinajstić information content (AvgIpc) is 3.16. The number of halogens is 3. The molecule has 1 aromatic carbocycles. The molecule has 10 heteroatoms. The molecule has 0 bridgehead atoms. The van der Waals surface area contributed by atoms with Crippen LogP contribution in [0.15, 0.2) is 29.1 Å². The quantitative estimate of drug-likeness (QED) is 0.683. The Balaban J connectivity index is 1.61. The van der Waals surface area contributed by atoms with Gasteiger partial charge in [-0.2, -0.15) is 18.3 Å². The third-order valence-corrected chi connectivity index (χ3v) is 5.53. The molecule has 0 radical (unpaired) electrons. The van der Waals surface area contributed by atoms with Crippen LogP contribution in [0.3, 0.4) is 0 Å². The maximum absolute atomic E-state index is 12.7. The number of aromatic nitrogens is 4. The number of fused-ring (bicyclic) bond motifs is 1. The Morgan fingerprint density at radius 3 is 2.67 bits per heavy atom. The van der Waals surface area contributed by atoms with E-state index in [1.807, 2.05) is 6.92 Å². The van der Waals surface area contributed by atoms with Crippen LogP contribution < -0.4 is 5.69 Å². The highest BCUT2D eigenvalue weighted by Crippen LogP contribution is 2.33. The van der Waals surface area contributed by atoms with Gasteiger partial charge in [-0.05, 0) is 19.1 Å². The minimum atomic E-state index is -4.37. The maximum Gasteiger partial charge on any atom is 0.416 e. The lowest BCUT2D eigenvalue weighted by atomic mass is 10.1. The van der Waals surface area contributed by atoms with Gasteiger partial charge in [0.15, 0.2) is 5.82 Å². The smallest absolute Gasteiger partial charge is 0.372 e. The summed E-state index contributed by atoms with van der Waals surface area (Å²) in [7, 11) is 0. The Labute approximate surface area is 155 Å². The zero-order chi connectivity index (χ0) is 19.2. The predicted octanol–water partition coefficient (Wildman–Crippen LogP) is 3.07. The molecular weight excluding hydrogens is 381 g/mol. The minimum Gasteiger partial charge on any atom is -0.372 e. The van der Waals surface area contributed by atoms with Gasteiger partial charge < -0.3 is 4.74 Å². The van der Waals surface area contributed by atoms with Gasteiger partial charge in [0.05, 0.1) is 31.0 Å². The van der Waals surface area contributed by atoms with Gasteiger partial charge in [0.1, 0.15) is 11.6 Å². The van der Waals surface area contributed by atoms with Gasteiger partial charge in [0.2, 0.25) is 0 Å². The molecule has 27 heavy (non-hydrogen) atoms. The van der Waals surface area contributed by atoms with E-state index in [0.717, 1.165) is 22.7 Å². The molecule has 0 unspecified atom stereocenters. The number of thiazole rings is 1. The van der Waals surface area contributed by atoms with E-state index >= 15 is 0 Å². The van der Waals surface area contributed by atoms with Gasteiger partial charge in [-0.3, -0.25) is 4.57 Å². The Morgan fingerprint density at radius 2 is 2.00 bits per heavy atom. The highest BCUT2D eigenvalue weighted by atomic mass is 32.1. The summed E-state index contributed by atoms with van der Waals surface area (Å²) in [6, 6.07) is 4.90. The average molecular weight is 396 g/mol. The second-order valence-electron chi connectivity index (χ2n) is 6.16. The van der Waals surface area contributed by atoms with Crippen molar-refractivity contribution < 1.29 is 17.9 Å². The lowest BCUT2D eigenvalue weighted by molar-refractivity contribution is -0.137. The van der Waals surface area contributed by atoms with Gasteiger partial charge in [0.25, 0.3) is 0 Å². The number of ether oxygens (including phenoxy) is 1. The van der Waals surface area contributed by atoms with E-state index in [2.05, 4.69) is 10.1 Å². The van der Waals surface area contributed by atoms with Crippen LogP contribution in [0.25, 0.3) is 10.6 Å². The fourth-order valence-electron chi connectivity index (χ4n) is 2.88. The Morgan fingerprint density at radius 1 is 1.26 bits per heavy atom. The first-order chi connectivity index (χ1) is 12.8. The van der Waals surface area contributed by atoms with Gasteiger partial charge in [-0.1, -0.05) is 12.1 Å². The summed E-state index contributed by atoms with van der Waals surface area (Å²) in [5, 5.41) is 4.91. The van der Waals surface area contributed by atoms with Crippen LogP contribution in [0.2, 0.25) is 0 Å². The van der Waals surface area contributed by atoms with E-state index in [0.29, 0.717) is 36.2 Å². The first kappa shape index (κ1) is 17.9. The summed E-state index contributed by atoms with van der Waals surface area (Å²) in [5.41, 5.74) is 0.436. The topological polar surface area (TPSA) is 61.9 Å². The molecule has 0 N–H and O–H groups in total. The first-order valence-electron chi connectivity index (χ1n) is 8.21. The first-order valence-corrected chi connectivity index (χ1v) is 9.03. The normalized spacial score (nSPS) is 14.4. The van der Waals surface area contributed by atoms with Crippen molar-refractivity contribution in [3.63, 3.8) is 0 Å². The SMILES string of the molecule is Cc1nc(-c2ccc(C(F)(F)F)cc2)sc1Cn1nc2n(c1=O)CCOC2. The molecule has 2 aromatic heterocycles. The third kappa shape index (κ3) is 3.42. The summed E-state index contributed by atoms with van der Waals surface area (Å²) in [6.45, 7) is 3.34. The minimum absolute atomic E-state index is 0.197. The largest absolute Gasteiger partial charge is 0.416 e. The number of rotatable bonds is 3. The summed E-state index contributed by atoms with van der Waals surface area (Å²) < 4.78 is 46.4. The molecule has 3 aromatic rings. The number of hydrogen-bond acceptors (Lipinski definition) is 5. The van der Waals surface area contributed by atoms with Crippen LogP contribution in [-0.4, -0.2) is 25.9 Å². The van der Waals surface area contributed by atoms with E-state index in [9.17, 15) is 18.0 Å². The van der Waals surface area contributed by atoms with Crippen molar-refractivity contribution in [1.29, 1.82) is 0 Å². The molecule has 1 aliphatic rings.